The van der Waals surface area contributed by atoms with Crippen LogP contribution in [-0.4, -0.2) is 53.5 Å². The fourth-order valence-electron chi connectivity index (χ4n) is 2.22. The Morgan fingerprint density at radius 2 is 2.44 bits per heavy atom. The fourth-order valence-corrected chi connectivity index (χ4v) is 2.99. The highest BCUT2D eigenvalue weighted by atomic mass is 32.2. The normalized spacial score (nSPS) is 29.2. The zero-order valence-corrected chi connectivity index (χ0v) is 10.2. The van der Waals surface area contributed by atoms with Gasteiger partial charge in [0.15, 0.2) is 0 Å². The molecule has 0 saturated carbocycles. The lowest BCUT2D eigenvalue weighted by atomic mass is 10.2. The van der Waals surface area contributed by atoms with Crippen molar-refractivity contribution in [1.29, 1.82) is 0 Å². The average molecular weight is 243 g/mol. The minimum atomic E-state index is -0.321. The van der Waals surface area contributed by atoms with Gasteiger partial charge in [-0.25, -0.2) is 0 Å². The zero-order valence-electron chi connectivity index (χ0n) is 9.36. The highest BCUT2D eigenvalue weighted by Gasteiger charge is 2.34. The monoisotopic (exact) mass is 243 g/mol. The molecule has 2 aliphatic heterocycles. The van der Waals surface area contributed by atoms with E-state index in [1.165, 1.54) is 11.8 Å². The number of amides is 2. The first-order valence-electron chi connectivity index (χ1n) is 5.67. The maximum absolute atomic E-state index is 12.2. The molecule has 2 fully saturated rings. The van der Waals surface area contributed by atoms with Gasteiger partial charge >= 0.3 is 0 Å². The Morgan fingerprint density at radius 1 is 1.62 bits per heavy atom. The van der Waals surface area contributed by atoms with Crippen molar-refractivity contribution in [1.82, 2.24) is 15.5 Å². The van der Waals surface area contributed by atoms with Crippen molar-refractivity contribution < 1.29 is 9.59 Å². The topological polar surface area (TPSA) is 61.4 Å². The maximum Gasteiger partial charge on any atom is 0.279 e. The van der Waals surface area contributed by atoms with Gasteiger partial charge in [-0.05, 0) is 19.9 Å². The lowest BCUT2D eigenvalue weighted by Gasteiger charge is -2.29. The summed E-state index contributed by atoms with van der Waals surface area (Å²) in [5, 5.41) is 5.87. The molecule has 0 spiro atoms. The van der Waals surface area contributed by atoms with Gasteiger partial charge in [0.05, 0.1) is 0 Å². The highest BCUT2D eigenvalue weighted by Crippen LogP contribution is 2.17. The van der Waals surface area contributed by atoms with Crippen LogP contribution in [0.4, 0.5) is 4.79 Å². The van der Waals surface area contributed by atoms with Gasteiger partial charge in [0.1, 0.15) is 6.04 Å². The Hall–Kier alpha value is -0.750. The van der Waals surface area contributed by atoms with Crippen LogP contribution >= 0.6 is 11.8 Å². The number of nitrogens with zero attached hydrogens (tertiary/aromatic N) is 1. The van der Waals surface area contributed by atoms with Gasteiger partial charge in [0.2, 0.25) is 5.91 Å². The van der Waals surface area contributed by atoms with Crippen molar-refractivity contribution in [2.75, 3.05) is 25.4 Å². The third-order valence-electron chi connectivity index (χ3n) is 3.07. The van der Waals surface area contributed by atoms with Crippen molar-refractivity contribution in [2.45, 2.75) is 25.4 Å². The average Bonchev–Trinajstić information content (AvgIpc) is 2.90. The lowest BCUT2D eigenvalue weighted by molar-refractivity contribution is -0.134. The summed E-state index contributed by atoms with van der Waals surface area (Å²) < 4.78 is 0. The van der Waals surface area contributed by atoms with E-state index in [1.807, 2.05) is 11.8 Å². The predicted octanol–water partition coefficient (Wildman–Crippen LogP) is 0.0218. The van der Waals surface area contributed by atoms with Gasteiger partial charge in [-0.15, -0.1) is 0 Å². The third kappa shape index (κ3) is 2.32. The third-order valence-corrected chi connectivity index (χ3v) is 3.95. The zero-order chi connectivity index (χ0) is 11.5. The predicted molar refractivity (Wildman–Crippen MR) is 63.4 cm³/mol. The quantitative estimate of drug-likeness (QED) is 0.734. The minimum Gasteiger partial charge on any atom is -0.337 e. The van der Waals surface area contributed by atoms with Crippen LogP contribution in [0.25, 0.3) is 0 Å². The first-order valence-corrected chi connectivity index (χ1v) is 6.65. The highest BCUT2D eigenvalue weighted by molar-refractivity contribution is 8.14. The van der Waals surface area contributed by atoms with Crippen LogP contribution in [-0.2, 0) is 4.79 Å². The number of likely N-dealkylation sites (N-methyl/N-ethyl adjacent to an activating group) is 1. The molecule has 2 rings (SSSR count). The summed E-state index contributed by atoms with van der Waals surface area (Å²) in [7, 11) is 0. The van der Waals surface area contributed by atoms with E-state index in [2.05, 4.69) is 10.6 Å². The molecule has 90 valence electrons. The van der Waals surface area contributed by atoms with Crippen LogP contribution in [0.1, 0.15) is 13.3 Å². The molecule has 2 atom stereocenters. The first-order chi connectivity index (χ1) is 7.72. The van der Waals surface area contributed by atoms with E-state index in [-0.39, 0.29) is 17.2 Å². The maximum atomic E-state index is 12.2. The molecule has 2 heterocycles. The molecule has 2 amide bonds. The van der Waals surface area contributed by atoms with Crippen LogP contribution < -0.4 is 10.6 Å². The number of thioether (sulfide) groups is 1. The van der Waals surface area contributed by atoms with E-state index >= 15 is 0 Å². The Kier molecular flexibility index (Phi) is 3.70. The smallest absolute Gasteiger partial charge is 0.279 e. The molecule has 2 N–H and O–H groups in total. The Bertz CT molecular complexity index is 292. The second-order valence-corrected chi connectivity index (χ2v) is 5.06. The van der Waals surface area contributed by atoms with Gasteiger partial charge in [0.25, 0.3) is 5.24 Å². The largest absolute Gasteiger partial charge is 0.337 e. The van der Waals surface area contributed by atoms with Gasteiger partial charge in [-0.2, -0.15) is 0 Å². The van der Waals surface area contributed by atoms with Crippen molar-refractivity contribution in [3.63, 3.8) is 0 Å². The number of rotatable bonds is 3. The van der Waals surface area contributed by atoms with Crippen LogP contribution in [0, 0.1) is 0 Å². The summed E-state index contributed by atoms with van der Waals surface area (Å²) in [6, 6.07) is -0.0296. The molecule has 2 unspecified atom stereocenters. The second kappa shape index (κ2) is 5.05. The van der Waals surface area contributed by atoms with E-state index in [4.69, 9.17) is 0 Å². The summed E-state index contributed by atoms with van der Waals surface area (Å²) in [5.74, 6) is 0.628. The van der Waals surface area contributed by atoms with Gasteiger partial charge in [-0.3, -0.25) is 9.59 Å². The van der Waals surface area contributed by atoms with E-state index in [0.29, 0.717) is 18.3 Å². The van der Waals surface area contributed by atoms with Crippen LogP contribution in [0.5, 0.6) is 0 Å². The molecule has 0 aromatic rings. The van der Waals surface area contributed by atoms with E-state index in [0.717, 1.165) is 19.5 Å². The van der Waals surface area contributed by atoms with Crippen LogP contribution in [0.3, 0.4) is 0 Å². The number of hydrogen-bond acceptors (Lipinski definition) is 4. The molecule has 2 aliphatic rings. The molecule has 0 aromatic carbocycles. The molecule has 0 aromatic heterocycles. The molecular weight excluding hydrogens is 226 g/mol. The summed E-state index contributed by atoms with van der Waals surface area (Å²) in [6.07, 6.45) is 1.01. The van der Waals surface area contributed by atoms with Gasteiger partial charge in [-0.1, -0.05) is 11.8 Å². The number of hydrogen-bond donors (Lipinski definition) is 2. The van der Waals surface area contributed by atoms with Crippen molar-refractivity contribution >= 4 is 22.9 Å². The van der Waals surface area contributed by atoms with Crippen molar-refractivity contribution in [3.05, 3.63) is 0 Å². The number of nitrogens with one attached hydrogen (secondary N) is 2. The fraction of sp³-hybridized carbons (Fsp3) is 0.800. The lowest BCUT2D eigenvalue weighted by Crippen LogP contribution is -2.50. The Balaban J connectivity index is 1.97. The summed E-state index contributed by atoms with van der Waals surface area (Å²) >= 11 is 1.19. The van der Waals surface area contributed by atoms with Crippen molar-refractivity contribution in [2.24, 2.45) is 0 Å². The molecule has 2 saturated heterocycles. The van der Waals surface area contributed by atoms with E-state index in [1.54, 1.807) is 0 Å². The van der Waals surface area contributed by atoms with Crippen LogP contribution in [0.2, 0.25) is 0 Å². The van der Waals surface area contributed by atoms with E-state index < -0.39 is 0 Å². The van der Waals surface area contributed by atoms with E-state index in [9.17, 15) is 9.59 Å². The molecule has 0 radical (unpaired) electrons. The first kappa shape index (κ1) is 11.7. The van der Waals surface area contributed by atoms with Gasteiger partial charge in [0, 0.05) is 24.9 Å². The molecule has 5 nitrogen and oxygen atoms in total. The minimum absolute atomic E-state index is 0.0644. The molecular formula is C10H17N3O2S. The Labute approximate surface area is 99.3 Å². The summed E-state index contributed by atoms with van der Waals surface area (Å²) in [5.41, 5.74) is 0. The molecule has 0 aliphatic carbocycles. The number of carbonyl (C=O) groups is 2. The molecule has 16 heavy (non-hydrogen) atoms. The second-order valence-electron chi connectivity index (χ2n) is 4.07. The standard InChI is InChI=1S/C10H17N3O2S/c1-2-13(7-3-4-11-5-7)9(14)8-6-16-10(15)12-8/h7-8,11H,2-6H2,1H3,(H,12,15). The van der Waals surface area contributed by atoms with Crippen molar-refractivity contribution in [3.8, 4) is 0 Å². The SMILES string of the molecule is CCN(C(=O)C1CSC(=O)N1)C1CCNC1. The van der Waals surface area contributed by atoms with Crippen LogP contribution in [0.15, 0.2) is 0 Å². The summed E-state index contributed by atoms with van der Waals surface area (Å²) in [4.78, 5) is 25.1. The summed E-state index contributed by atoms with van der Waals surface area (Å²) in [6.45, 7) is 4.54. The molecule has 6 heteroatoms. The van der Waals surface area contributed by atoms with Gasteiger partial charge < -0.3 is 15.5 Å². The number of carbonyl (C=O) groups excluding carboxylic acids is 2. The Morgan fingerprint density at radius 3 is 2.94 bits per heavy atom. The molecule has 0 bridgehead atoms.